The van der Waals surface area contributed by atoms with Crippen LogP contribution in [0.5, 0.6) is 0 Å². The Morgan fingerprint density at radius 1 is 1.30 bits per heavy atom. The standard InChI is InChI=1S/C18H20N2O2S/c1-20(12-16(21)13-9-10-13)18(22)15-8-5-11-19-17(15)23-14-6-3-2-4-7-14/h2-8,11,13,16,21H,9-10,12H2,1H3. The fraction of sp³-hybridized carbons (Fsp3) is 0.333. The van der Waals surface area contributed by atoms with E-state index in [0.29, 0.717) is 23.1 Å². The summed E-state index contributed by atoms with van der Waals surface area (Å²) >= 11 is 1.48. The third-order valence-electron chi connectivity index (χ3n) is 3.93. The van der Waals surface area contributed by atoms with Crippen LogP contribution in [0.2, 0.25) is 0 Å². The van der Waals surface area contributed by atoms with Gasteiger partial charge in [-0.2, -0.15) is 0 Å². The molecule has 0 aliphatic heterocycles. The highest BCUT2D eigenvalue weighted by Gasteiger charge is 2.31. The van der Waals surface area contributed by atoms with Crippen LogP contribution in [-0.2, 0) is 0 Å². The van der Waals surface area contributed by atoms with Gasteiger partial charge in [-0.25, -0.2) is 4.98 Å². The number of carbonyl (C=O) groups excluding carboxylic acids is 1. The summed E-state index contributed by atoms with van der Waals surface area (Å²) in [5.41, 5.74) is 0.576. The molecule has 0 radical (unpaired) electrons. The highest BCUT2D eigenvalue weighted by Crippen LogP contribution is 2.33. The SMILES string of the molecule is CN(CC(O)C1CC1)C(=O)c1cccnc1Sc1ccccc1. The van der Waals surface area contributed by atoms with Crippen LogP contribution in [0.25, 0.3) is 0 Å². The van der Waals surface area contributed by atoms with Crippen LogP contribution < -0.4 is 0 Å². The number of amides is 1. The average Bonchev–Trinajstić information content (AvgIpc) is 3.40. The number of hydrogen-bond donors (Lipinski definition) is 1. The van der Waals surface area contributed by atoms with Gasteiger partial charge in [-0.1, -0.05) is 30.0 Å². The quantitative estimate of drug-likeness (QED) is 0.885. The smallest absolute Gasteiger partial charge is 0.256 e. The summed E-state index contributed by atoms with van der Waals surface area (Å²) in [4.78, 5) is 19.7. The third-order valence-corrected chi connectivity index (χ3v) is 4.96. The Balaban J connectivity index is 1.74. The minimum absolute atomic E-state index is 0.101. The lowest BCUT2D eigenvalue weighted by Gasteiger charge is -2.21. The number of aliphatic hydroxyl groups is 1. The number of likely N-dealkylation sites (N-methyl/N-ethyl adjacent to an activating group) is 1. The van der Waals surface area contributed by atoms with E-state index in [9.17, 15) is 9.90 Å². The normalized spacial score (nSPS) is 15.2. The summed E-state index contributed by atoms with van der Waals surface area (Å²) in [5, 5.41) is 10.7. The second kappa shape index (κ2) is 7.15. The summed E-state index contributed by atoms with van der Waals surface area (Å²) in [5.74, 6) is 0.258. The number of hydrogen-bond acceptors (Lipinski definition) is 4. The van der Waals surface area contributed by atoms with Crippen LogP contribution in [0, 0.1) is 5.92 Å². The van der Waals surface area contributed by atoms with Crippen LogP contribution >= 0.6 is 11.8 Å². The van der Waals surface area contributed by atoms with E-state index < -0.39 is 6.10 Å². The Morgan fingerprint density at radius 2 is 2.04 bits per heavy atom. The van der Waals surface area contributed by atoms with Gasteiger partial charge in [0.05, 0.1) is 11.7 Å². The molecule has 0 saturated heterocycles. The van der Waals surface area contributed by atoms with Gasteiger partial charge in [-0.15, -0.1) is 0 Å². The maximum absolute atomic E-state index is 12.7. The molecule has 2 aromatic rings. The number of pyridine rings is 1. The molecule has 1 atom stereocenters. The van der Waals surface area contributed by atoms with E-state index in [1.54, 1.807) is 30.3 Å². The first-order valence-corrected chi connectivity index (χ1v) is 8.58. The van der Waals surface area contributed by atoms with Crippen molar-refractivity contribution in [2.75, 3.05) is 13.6 Å². The number of aromatic nitrogens is 1. The number of benzene rings is 1. The van der Waals surface area contributed by atoms with Crippen molar-refractivity contribution in [2.45, 2.75) is 28.9 Å². The second-order valence-electron chi connectivity index (χ2n) is 5.86. The molecule has 1 aliphatic rings. The number of aliphatic hydroxyl groups excluding tert-OH is 1. The molecule has 120 valence electrons. The van der Waals surface area contributed by atoms with Crippen molar-refractivity contribution < 1.29 is 9.90 Å². The fourth-order valence-electron chi connectivity index (χ4n) is 2.43. The van der Waals surface area contributed by atoms with Crippen molar-refractivity contribution in [3.63, 3.8) is 0 Å². The molecular weight excluding hydrogens is 308 g/mol. The van der Waals surface area contributed by atoms with Crippen molar-refractivity contribution in [3.8, 4) is 0 Å². The number of nitrogens with zero attached hydrogens (tertiary/aromatic N) is 2. The van der Waals surface area contributed by atoms with Crippen LogP contribution in [0.1, 0.15) is 23.2 Å². The molecule has 1 aromatic carbocycles. The van der Waals surface area contributed by atoms with Gasteiger partial charge in [0, 0.05) is 24.7 Å². The zero-order valence-corrected chi connectivity index (χ0v) is 13.9. The molecule has 1 unspecified atom stereocenters. The van der Waals surface area contributed by atoms with Gasteiger partial charge >= 0.3 is 0 Å². The Hall–Kier alpha value is -1.85. The second-order valence-corrected chi connectivity index (χ2v) is 6.92. The van der Waals surface area contributed by atoms with Crippen molar-refractivity contribution in [3.05, 3.63) is 54.2 Å². The third kappa shape index (κ3) is 4.12. The Morgan fingerprint density at radius 3 is 2.74 bits per heavy atom. The highest BCUT2D eigenvalue weighted by molar-refractivity contribution is 7.99. The van der Waals surface area contributed by atoms with Gasteiger partial charge in [-0.3, -0.25) is 4.79 Å². The summed E-state index contributed by atoms with van der Waals surface area (Å²) in [6.07, 6.45) is 3.39. The van der Waals surface area contributed by atoms with Crippen molar-refractivity contribution in [2.24, 2.45) is 5.92 Å². The maximum atomic E-state index is 12.7. The van der Waals surface area contributed by atoms with Gasteiger partial charge in [0.1, 0.15) is 5.03 Å². The zero-order chi connectivity index (χ0) is 16.2. The van der Waals surface area contributed by atoms with E-state index in [4.69, 9.17) is 0 Å². The van der Waals surface area contributed by atoms with E-state index in [1.807, 2.05) is 30.3 Å². The molecule has 5 heteroatoms. The Kier molecular flexibility index (Phi) is 4.98. The molecule has 1 heterocycles. The van der Waals surface area contributed by atoms with Crippen molar-refractivity contribution in [1.29, 1.82) is 0 Å². The zero-order valence-electron chi connectivity index (χ0n) is 13.1. The molecule has 1 amide bonds. The average molecular weight is 328 g/mol. The molecule has 1 N–H and O–H groups in total. The predicted octanol–water partition coefficient (Wildman–Crippen LogP) is 3.08. The minimum atomic E-state index is -0.425. The van der Waals surface area contributed by atoms with Crippen LogP contribution in [0.3, 0.4) is 0 Å². The van der Waals surface area contributed by atoms with E-state index in [1.165, 1.54) is 11.8 Å². The lowest BCUT2D eigenvalue weighted by Crippen LogP contribution is -2.35. The van der Waals surface area contributed by atoms with E-state index >= 15 is 0 Å². The number of carbonyl (C=O) groups is 1. The molecule has 23 heavy (non-hydrogen) atoms. The van der Waals surface area contributed by atoms with E-state index in [0.717, 1.165) is 17.7 Å². The lowest BCUT2D eigenvalue weighted by atomic mass is 10.2. The molecule has 1 aliphatic carbocycles. The maximum Gasteiger partial charge on any atom is 0.256 e. The lowest BCUT2D eigenvalue weighted by molar-refractivity contribution is 0.0641. The van der Waals surface area contributed by atoms with Gasteiger partial charge in [0.2, 0.25) is 0 Å². The van der Waals surface area contributed by atoms with Crippen molar-refractivity contribution in [1.82, 2.24) is 9.88 Å². The van der Waals surface area contributed by atoms with Crippen LogP contribution in [0.4, 0.5) is 0 Å². The first-order valence-electron chi connectivity index (χ1n) is 7.76. The molecular formula is C18H20N2O2S. The van der Waals surface area contributed by atoms with Gasteiger partial charge in [0.25, 0.3) is 5.91 Å². The summed E-state index contributed by atoms with van der Waals surface area (Å²) in [6.45, 7) is 0.369. The Labute approximate surface area is 140 Å². The molecule has 1 aromatic heterocycles. The summed E-state index contributed by atoms with van der Waals surface area (Å²) < 4.78 is 0. The first-order chi connectivity index (χ1) is 11.1. The summed E-state index contributed by atoms with van der Waals surface area (Å²) in [7, 11) is 1.73. The topological polar surface area (TPSA) is 53.4 Å². The van der Waals surface area contributed by atoms with Gasteiger partial charge in [0.15, 0.2) is 0 Å². The van der Waals surface area contributed by atoms with Gasteiger partial charge in [-0.05, 0) is 43.0 Å². The van der Waals surface area contributed by atoms with Crippen LogP contribution in [0.15, 0.2) is 58.6 Å². The molecule has 0 spiro atoms. The monoisotopic (exact) mass is 328 g/mol. The van der Waals surface area contributed by atoms with E-state index in [-0.39, 0.29) is 5.91 Å². The molecule has 1 saturated carbocycles. The number of rotatable bonds is 6. The molecule has 3 rings (SSSR count). The van der Waals surface area contributed by atoms with Crippen molar-refractivity contribution >= 4 is 17.7 Å². The summed E-state index contributed by atoms with van der Waals surface area (Å²) in [6, 6.07) is 13.4. The van der Waals surface area contributed by atoms with E-state index in [2.05, 4.69) is 4.98 Å². The molecule has 1 fully saturated rings. The Bertz CT molecular complexity index is 674. The highest BCUT2D eigenvalue weighted by atomic mass is 32.2. The molecule has 0 bridgehead atoms. The van der Waals surface area contributed by atoms with Gasteiger partial charge < -0.3 is 10.0 Å². The largest absolute Gasteiger partial charge is 0.391 e. The molecule has 4 nitrogen and oxygen atoms in total. The van der Waals surface area contributed by atoms with Crippen LogP contribution in [-0.4, -0.2) is 40.6 Å². The predicted molar refractivity (Wildman–Crippen MR) is 90.5 cm³/mol. The first kappa shape index (κ1) is 16.0. The minimum Gasteiger partial charge on any atom is -0.391 e. The fourth-order valence-corrected chi connectivity index (χ4v) is 3.33.